The molecule has 2 aromatic rings. The zero-order valence-corrected chi connectivity index (χ0v) is 18.8. The van der Waals surface area contributed by atoms with Gasteiger partial charge in [-0.15, -0.1) is 12.8 Å². The van der Waals surface area contributed by atoms with Gasteiger partial charge < -0.3 is 19.2 Å². The molecule has 0 saturated heterocycles. The van der Waals surface area contributed by atoms with E-state index in [1.165, 1.54) is 7.11 Å². The number of benzene rings is 1. The number of carbonyl (C=O) groups is 1. The van der Waals surface area contributed by atoms with Gasteiger partial charge in [0.05, 0.1) is 26.0 Å². The minimum Gasteiger partial charge on any atom is -0.493 e. The monoisotopic (exact) mass is 424 g/mol. The number of allylic oxidation sites excluding steroid dienone is 4. The number of esters is 1. The molecule has 0 aliphatic heterocycles. The summed E-state index contributed by atoms with van der Waals surface area (Å²) in [7, 11) is 1.38. The second kappa shape index (κ2) is 14.6. The van der Waals surface area contributed by atoms with Crippen molar-refractivity contribution in [2.45, 2.75) is 40.2 Å². The first-order valence-corrected chi connectivity index (χ1v) is 10.1. The van der Waals surface area contributed by atoms with Crippen LogP contribution in [0.25, 0.3) is 5.57 Å². The Hall–Kier alpha value is -3.30. The van der Waals surface area contributed by atoms with Gasteiger partial charge in [0.25, 0.3) is 0 Å². The quantitative estimate of drug-likeness (QED) is 0.326. The van der Waals surface area contributed by atoms with E-state index in [1.54, 1.807) is 0 Å². The lowest BCUT2D eigenvalue weighted by atomic mass is 10.1. The fourth-order valence-corrected chi connectivity index (χ4v) is 2.72. The van der Waals surface area contributed by atoms with E-state index in [0.717, 1.165) is 34.8 Å². The number of hydrogen-bond acceptors (Lipinski definition) is 6. The van der Waals surface area contributed by atoms with Crippen molar-refractivity contribution in [3.05, 3.63) is 65.4 Å². The first kappa shape index (κ1) is 25.7. The summed E-state index contributed by atoms with van der Waals surface area (Å²) >= 11 is 0. The van der Waals surface area contributed by atoms with Crippen LogP contribution in [0.2, 0.25) is 0 Å². The molecule has 1 N–H and O–H groups in total. The van der Waals surface area contributed by atoms with Crippen LogP contribution < -0.4 is 10.1 Å². The van der Waals surface area contributed by atoms with Gasteiger partial charge in [-0.05, 0) is 44.9 Å². The van der Waals surface area contributed by atoms with Gasteiger partial charge >= 0.3 is 5.97 Å². The van der Waals surface area contributed by atoms with Gasteiger partial charge in [0.1, 0.15) is 11.5 Å². The molecular weight excluding hydrogens is 392 g/mol. The third-order valence-corrected chi connectivity index (χ3v) is 4.45. The van der Waals surface area contributed by atoms with Gasteiger partial charge in [-0.1, -0.05) is 30.4 Å². The molecule has 0 atom stereocenters. The van der Waals surface area contributed by atoms with Crippen LogP contribution in [0.15, 0.2) is 46.9 Å². The lowest BCUT2D eigenvalue weighted by Crippen LogP contribution is -2.23. The van der Waals surface area contributed by atoms with Crippen molar-refractivity contribution in [3.63, 3.8) is 0 Å². The van der Waals surface area contributed by atoms with Crippen LogP contribution in [-0.2, 0) is 22.5 Å². The molecule has 0 spiro atoms. The van der Waals surface area contributed by atoms with Gasteiger partial charge in [0.15, 0.2) is 0 Å². The molecule has 6 heteroatoms. The second-order valence-electron chi connectivity index (χ2n) is 6.53. The highest BCUT2D eigenvalue weighted by molar-refractivity contribution is 5.71. The number of oxazole rings is 1. The van der Waals surface area contributed by atoms with E-state index in [0.29, 0.717) is 25.5 Å². The summed E-state index contributed by atoms with van der Waals surface area (Å²) in [6.07, 6.45) is 15.6. The number of carbonyl (C=O) groups excluding carboxylic acids is 1. The van der Waals surface area contributed by atoms with Crippen LogP contribution in [0.3, 0.4) is 0 Å². The summed E-state index contributed by atoms with van der Waals surface area (Å²) in [6.45, 7) is 7.24. The Labute approximate surface area is 185 Å². The summed E-state index contributed by atoms with van der Waals surface area (Å²) in [4.78, 5) is 15.7. The number of terminal acetylenes is 1. The van der Waals surface area contributed by atoms with Crippen molar-refractivity contribution in [1.82, 2.24) is 10.3 Å². The van der Waals surface area contributed by atoms with E-state index in [2.05, 4.69) is 34.0 Å². The first-order chi connectivity index (χ1) is 15.1. The minimum atomic E-state index is -0.278. The predicted molar refractivity (Wildman–Crippen MR) is 124 cm³/mol. The molecule has 0 saturated carbocycles. The van der Waals surface area contributed by atoms with Crippen molar-refractivity contribution in [3.8, 4) is 18.6 Å². The molecule has 0 amide bonds. The number of aryl methyl sites for hydroxylation is 1. The maximum absolute atomic E-state index is 11.1. The lowest BCUT2D eigenvalue weighted by Gasteiger charge is -2.07. The summed E-state index contributed by atoms with van der Waals surface area (Å²) in [5, 5.41) is 3.03. The number of aromatic nitrogens is 1. The van der Waals surface area contributed by atoms with E-state index < -0.39 is 0 Å². The molecule has 1 aromatic carbocycles. The zero-order valence-electron chi connectivity index (χ0n) is 18.8. The van der Waals surface area contributed by atoms with Gasteiger partial charge in [-0.2, -0.15) is 0 Å². The average Bonchev–Trinajstić information content (AvgIpc) is 3.16. The minimum absolute atomic E-state index is 0.192. The maximum Gasteiger partial charge on any atom is 0.319 e. The second-order valence-corrected chi connectivity index (χ2v) is 6.53. The number of rotatable bonds is 11. The van der Waals surface area contributed by atoms with E-state index >= 15 is 0 Å². The van der Waals surface area contributed by atoms with Gasteiger partial charge in [0.2, 0.25) is 5.89 Å². The number of ether oxygens (including phenoxy) is 2. The predicted octanol–water partition coefficient (Wildman–Crippen LogP) is 4.49. The Morgan fingerprint density at radius 1 is 1.23 bits per heavy atom. The molecule has 1 aromatic heterocycles. The van der Waals surface area contributed by atoms with E-state index in [9.17, 15) is 4.79 Å². The molecule has 1 heterocycles. The molecule has 0 aliphatic rings. The Morgan fingerprint density at radius 3 is 2.55 bits per heavy atom. The van der Waals surface area contributed by atoms with E-state index in [-0.39, 0.29) is 12.5 Å². The number of nitrogens with one attached hydrogen (secondary N) is 1. The fraction of sp³-hybridized carbons (Fsp3) is 0.360. The molecule has 0 unspecified atom stereocenters. The van der Waals surface area contributed by atoms with Crippen LogP contribution >= 0.6 is 0 Å². The number of nitrogens with zero attached hydrogens (tertiary/aromatic N) is 1. The highest BCUT2D eigenvalue weighted by Crippen LogP contribution is 2.22. The number of hydrogen-bond donors (Lipinski definition) is 1. The van der Waals surface area contributed by atoms with Gasteiger partial charge in [-0.3, -0.25) is 4.79 Å². The molecule has 0 fully saturated rings. The summed E-state index contributed by atoms with van der Waals surface area (Å²) in [6, 6.07) is 7.79. The van der Waals surface area contributed by atoms with Crippen molar-refractivity contribution < 1.29 is 18.7 Å². The van der Waals surface area contributed by atoms with E-state index in [1.807, 2.05) is 57.2 Å². The largest absolute Gasteiger partial charge is 0.493 e. The highest BCUT2D eigenvalue weighted by Gasteiger charge is 2.12. The zero-order chi connectivity index (χ0) is 23.1. The SMILES string of the molecule is C#C.C/C=C\C/C(=C\C)c1nc(CCOc2ccc(CNCC(=O)OC)cc2)c(C)o1. The summed E-state index contributed by atoms with van der Waals surface area (Å²) in [5.41, 5.74) is 3.07. The summed E-state index contributed by atoms with van der Waals surface area (Å²) < 4.78 is 16.3. The van der Waals surface area contributed by atoms with Crippen LogP contribution in [0.1, 0.15) is 43.2 Å². The van der Waals surface area contributed by atoms with Gasteiger partial charge in [0, 0.05) is 18.5 Å². The normalized spacial score (nSPS) is 11.1. The molecule has 166 valence electrons. The van der Waals surface area contributed by atoms with Crippen LogP contribution in [0.4, 0.5) is 0 Å². The third-order valence-electron chi connectivity index (χ3n) is 4.45. The Morgan fingerprint density at radius 2 is 1.94 bits per heavy atom. The van der Waals surface area contributed by atoms with Gasteiger partial charge in [-0.25, -0.2) is 4.98 Å². The third kappa shape index (κ3) is 8.93. The van der Waals surface area contributed by atoms with Crippen molar-refractivity contribution in [1.29, 1.82) is 0 Å². The number of methoxy groups -OCH3 is 1. The summed E-state index contributed by atoms with van der Waals surface area (Å²) in [5.74, 6) is 2.03. The molecule has 0 radical (unpaired) electrons. The maximum atomic E-state index is 11.1. The molecular formula is C25H32N2O4. The Bertz CT molecular complexity index is 877. The highest BCUT2D eigenvalue weighted by atomic mass is 16.5. The van der Waals surface area contributed by atoms with Crippen molar-refractivity contribution in [2.24, 2.45) is 0 Å². The molecule has 2 rings (SSSR count). The van der Waals surface area contributed by atoms with Crippen molar-refractivity contribution >= 4 is 11.5 Å². The topological polar surface area (TPSA) is 73.6 Å². The average molecular weight is 425 g/mol. The smallest absolute Gasteiger partial charge is 0.319 e. The van der Waals surface area contributed by atoms with Crippen LogP contribution in [-0.4, -0.2) is 31.2 Å². The molecule has 0 aliphatic carbocycles. The van der Waals surface area contributed by atoms with Crippen molar-refractivity contribution in [2.75, 3.05) is 20.3 Å². The first-order valence-electron chi connectivity index (χ1n) is 10.1. The van der Waals surface area contributed by atoms with Crippen LogP contribution in [0, 0.1) is 19.8 Å². The standard InChI is InChI=1S/C23H30N2O4.C2H2/c1-5-7-8-19(6-2)23-25-21(17(3)29-23)13-14-28-20-11-9-18(10-12-20)15-24-16-22(26)27-4;1-2/h5-7,9-12,24H,8,13-16H2,1-4H3;1-2H/b7-5-,19-6+;. The van der Waals surface area contributed by atoms with E-state index in [4.69, 9.17) is 9.15 Å². The Kier molecular flexibility index (Phi) is 12.2. The molecule has 6 nitrogen and oxygen atoms in total. The fourth-order valence-electron chi connectivity index (χ4n) is 2.72. The lowest BCUT2D eigenvalue weighted by molar-refractivity contribution is -0.139. The Balaban J connectivity index is 0.00000233. The molecule has 31 heavy (non-hydrogen) atoms. The van der Waals surface area contributed by atoms with Crippen LogP contribution in [0.5, 0.6) is 5.75 Å². The molecule has 0 bridgehead atoms.